The molecule has 0 spiro atoms. The van der Waals surface area contributed by atoms with Crippen molar-refractivity contribution in [2.45, 2.75) is 6.92 Å². The molecule has 0 saturated carbocycles. The Hall–Kier alpha value is -0.580. The van der Waals surface area contributed by atoms with Crippen molar-refractivity contribution in [3.63, 3.8) is 0 Å². The fourth-order valence-electron chi connectivity index (χ4n) is 0.932. The Bertz CT molecular complexity index is 409. The Morgan fingerprint density at radius 1 is 1.50 bits per heavy atom. The van der Waals surface area contributed by atoms with Crippen molar-refractivity contribution in [1.82, 2.24) is 0 Å². The van der Waals surface area contributed by atoms with Crippen LogP contribution in [0.1, 0.15) is 5.56 Å². The lowest BCUT2D eigenvalue weighted by molar-refractivity contribution is 0.0750. The third kappa shape index (κ3) is 4.12. The van der Waals surface area contributed by atoms with Gasteiger partial charge in [0.25, 0.3) is 0 Å². The molecule has 0 fully saturated rings. The first-order chi connectivity index (χ1) is 7.44. The van der Waals surface area contributed by atoms with Crippen molar-refractivity contribution >= 4 is 19.4 Å². The summed E-state index contributed by atoms with van der Waals surface area (Å²) in [6.07, 6.45) is 0. The zero-order valence-corrected chi connectivity index (χ0v) is 10.5. The Kier molecular flexibility index (Phi) is 4.77. The number of halogens is 1. The summed E-state index contributed by atoms with van der Waals surface area (Å²) in [4.78, 5) is 8.91. The molecule has 0 aliphatic rings. The highest BCUT2D eigenvalue weighted by Crippen LogP contribution is 2.41. The Morgan fingerprint density at radius 2 is 2.19 bits per heavy atom. The molecule has 0 aliphatic carbocycles. The van der Waals surface area contributed by atoms with Gasteiger partial charge in [-0.2, -0.15) is 0 Å². The minimum absolute atomic E-state index is 0.378. The minimum atomic E-state index is -4.00. The predicted octanol–water partition coefficient (Wildman–Crippen LogP) is 2.75. The van der Waals surface area contributed by atoms with E-state index in [1.165, 1.54) is 0 Å². The van der Waals surface area contributed by atoms with Gasteiger partial charge in [-0.15, -0.1) is 0 Å². The molecule has 5 nitrogen and oxygen atoms in total. The molecule has 1 aromatic rings. The van der Waals surface area contributed by atoms with E-state index in [-0.39, 0.29) is 0 Å². The third-order valence-electron chi connectivity index (χ3n) is 1.75. The van der Waals surface area contributed by atoms with Gasteiger partial charge in [-0.05, 0) is 24.6 Å². The number of hydrogen-bond donors (Lipinski definition) is 1. The molecule has 0 aliphatic heterocycles. The summed E-state index contributed by atoms with van der Waals surface area (Å²) in [5.41, 5.74) is 0.989. The lowest BCUT2D eigenvalue weighted by Crippen LogP contribution is -2.02. The summed E-state index contributed by atoms with van der Waals surface area (Å²) >= 11 is 5.87. The first-order valence-electron chi connectivity index (χ1n) is 4.36. The second-order valence-electron chi connectivity index (χ2n) is 2.98. The van der Waals surface area contributed by atoms with E-state index in [0.29, 0.717) is 10.8 Å². The summed E-state index contributed by atoms with van der Waals surface area (Å²) in [5, 5.41) is 0.411. The molecule has 0 amide bonds. The number of ether oxygens (including phenoxy) is 1. The zero-order valence-electron chi connectivity index (χ0n) is 8.84. The molecular weight excluding hydrogens is 255 g/mol. The monoisotopic (exact) mass is 266 g/mol. The predicted molar refractivity (Wildman–Crippen MR) is 59.6 cm³/mol. The summed E-state index contributed by atoms with van der Waals surface area (Å²) in [7, 11) is -2.93. The molecule has 1 unspecified atom stereocenters. The molecule has 1 atom stereocenters. The van der Waals surface area contributed by atoms with Gasteiger partial charge in [0, 0.05) is 7.11 Å². The number of hydrogen-bond acceptors (Lipinski definition) is 4. The van der Waals surface area contributed by atoms with Crippen LogP contribution in [0.25, 0.3) is 0 Å². The average Bonchev–Trinajstić information content (AvgIpc) is 2.21. The standard InChI is InChI=1S/C9H12ClO5P/c1-7-3-4-9(8(10)5-7)14-6-15-16(11,12)13-2/h3-5H,6H2,1-2H3,(H,11,12). The molecule has 1 rings (SSSR count). The quantitative estimate of drug-likeness (QED) is 0.656. The maximum atomic E-state index is 10.9. The van der Waals surface area contributed by atoms with Crippen LogP contribution in [0.3, 0.4) is 0 Å². The molecule has 0 aromatic heterocycles. The highest BCUT2D eigenvalue weighted by atomic mass is 35.5. The smallest absolute Gasteiger partial charge is 0.465 e. The van der Waals surface area contributed by atoms with Crippen molar-refractivity contribution in [1.29, 1.82) is 0 Å². The van der Waals surface area contributed by atoms with E-state index in [0.717, 1.165) is 12.7 Å². The Morgan fingerprint density at radius 3 is 2.75 bits per heavy atom. The highest BCUT2D eigenvalue weighted by molar-refractivity contribution is 7.47. The van der Waals surface area contributed by atoms with Crippen LogP contribution in [0.2, 0.25) is 5.02 Å². The van der Waals surface area contributed by atoms with E-state index < -0.39 is 14.6 Å². The van der Waals surface area contributed by atoms with Crippen LogP contribution in [-0.4, -0.2) is 18.8 Å². The fourth-order valence-corrected chi connectivity index (χ4v) is 1.51. The van der Waals surface area contributed by atoms with E-state index in [2.05, 4.69) is 9.05 Å². The van der Waals surface area contributed by atoms with Gasteiger partial charge in [-0.3, -0.25) is 4.52 Å². The van der Waals surface area contributed by atoms with E-state index in [4.69, 9.17) is 21.2 Å². The highest BCUT2D eigenvalue weighted by Gasteiger charge is 2.18. The summed E-state index contributed by atoms with van der Waals surface area (Å²) in [5.74, 6) is 0.378. The van der Waals surface area contributed by atoms with Crippen molar-refractivity contribution in [2.75, 3.05) is 13.9 Å². The maximum absolute atomic E-state index is 10.9. The van der Waals surface area contributed by atoms with Gasteiger partial charge in [-0.1, -0.05) is 17.7 Å². The van der Waals surface area contributed by atoms with Gasteiger partial charge in [0.05, 0.1) is 5.02 Å². The van der Waals surface area contributed by atoms with E-state index >= 15 is 0 Å². The summed E-state index contributed by atoms with van der Waals surface area (Å²) < 4.78 is 24.6. The molecule has 0 heterocycles. The van der Waals surface area contributed by atoms with Crippen LogP contribution in [0.5, 0.6) is 5.75 Å². The first-order valence-corrected chi connectivity index (χ1v) is 6.24. The minimum Gasteiger partial charge on any atom is -0.465 e. The van der Waals surface area contributed by atoms with Crippen molar-refractivity contribution in [3.8, 4) is 5.75 Å². The van der Waals surface area contributed by atoms with Crippen LogP contribution in [0.15, 0.2) is 18.2 Å². The number of benzene rings is 1. The topological polar surface area (TPSA) is 65.0 Å². The number of phosphoric ester groups is 1. The average molecular weight is 267 g/mol. The zero-order chi connectivity index (χ0) is 12.2. The van der Waals surface area contributed by atoms with Crippen LogP contribution in [0, 0.1) is 6.92 Å². The van der Waals surface area contributed by atoms with Gasteiger partial charge in [0.2, 0.25) is 0 Å². The maximum Gasteiger partial charge on any atom is 0.474 e. The Balaban J connectivity index is 2.52. The van der Waals surface area contributed by atoms with Gasteiger partial charge < -0.3 is 9.63 Å². The molecular formula is C9H12ClO5P. The number of aryl methyl sites for hydroxylation is 1. The molecule has 1 N–H and O–H groups in total. The molecule has 7 heteroatoms. The third-order valence-corrected chi connectivity index (χ3v) is 2.94. The van der Waals surface area contributed by atoms with Crippen LogP contribution < -0.4 is 4.74 Å². The van der Waals surface area contributed by atoms with Gasteiger partial charge in [0.1, 0.15) is 5.75 Å². The van der Waals surface area contributed by atoms with Gasteiger partial charge in [0.15, 0.2) is 6.79 Å². The number of rotatable bonds is 5. The fraction of sp³-hybridized carbons (Fsp3) is 0.333. The van der Waals surface area contributed by atoms with Crippen molar-refractivity contribution < 1.29 is 23.2 Å². The molecule has 0 bridgehead atoms. The molecule has 0 saturated heterocycles. The van der Waals surface area contributed by atoms with Gasteiger partial charge >= 0.3 is 7.82 Å². The second-order valence-corrected chi connectivity index (χ2v) is 4.94. The molecule has 16 heavy (non-hydrogen) atoms. The molecule has 0 radical (unpaired) electrons. The van der Waals surface area contributed by atoms with E-state index in [1.807, 2.05) is 6.92 Å². The van der Waals surface area contributed by atoms with E-state index in [9.17, 15) is 4.57 Å². The number of phosphoric acid groups is 1. The first kappa shape index (κ1) is 13.5. The second kappa shape index (κ2) is 5.66. The van der Waals surface area contributed by atoms with Gasteiger partial charge in [-0.25, -0.2) is 9.09 Å². The van der Waals surface area contributed by atoms with Crippen LogP contribution in [-0.2, 0) is 13.6 Å². The summed E-state index contributed by atoms with van der Waals surface area (Å²) in [6, 6.07) is 5.16. The van der Waals surface area contributed by atoms with Crippen LogP contribution in [0.4, 0.5) is 0 Å². The largest absolute Gasteiger partial charge is 0.474 e. The lowest BCUT2D eigenvalue weighted by Gasteiger charge is -2.11. The van der Waals surface area contributed by atoms with Crippen LogP contribution >= 0.6 is 19.4 Å². The van der Waals surface area contributed by atoms with Crippen molar-refractivity contribution in [2.24, 2.45) is 0 Å². The normalized spacial score (nSPS) is 14.5. The lowest BCUT2D eigenvalue weighted by atomic mass is 10.2. The summed E-state index contributed by atoms with van der Waals surface area (Å²) in [6.45, 7) is 1.48. The SMILES string of the molecule is COP(=O)(O)OCOc1ccc(C)cc1Cl. The van der Waals surface area contributed by atoms with Crippen molar-refractivity contribution in [3.05, 3.63) is 28.8 Å². The Labute approximate surface area is 98.5 Å². The molecule has 90 valence electrons. The molecule has 1 aromatic carbocycles. The van der Waals surface area contributed by atoms with E-state index in [1.54, 1.807) is 18.2 Å².